The highest BCUT2D eigenvalue weighted by atomic mass is 16.5. The third-order valence-electron chi connectivity index (χ3n) is 2.06. The van der Waals surface area contributed by atoms with E-state index in [1.54, 1.807) is 20.3 Å². The first-order valence-corrected chi connectivity index (χ1v) is 4.53. The fourth-order valence-electron chi connectivity index (χ4n) is 1.23. The Balaban J connectivity index is 2.70. The SMILES string of the molecule is COCc1ccoc1CC(C)(N)CO. The average molecular weight is 199 g/mol. The molecule has 0 aliphatic heterocycles. The Kier molecular flexibility index (Phi) is 3.69. The van der Waals surface area contributed by atoms with E-state index in [1.165, 1.54) is 0 Å². The lowest BCUT2D eigenvalue weighted by atomic mass is 9.97. The number of ether oxygens (including phenoxy) is 1. The summed E-state index contributed by atoms with van der Waals surface area (Å²) in [6.07, 6.45) is 2.12. The average Bonchev–Trinajstić information content (AvgIpc) is 2.53. The summed E-state index contributed by atoms with van der Waals surface area (Å²) in [5.74, 6) is 0.783. The summed E-state index contributed by atoms with van der Waals surface area (Å²) in [5.41, 5.74) is 6.17. The van der Waals surface area contributed by atoms with Crippen molar-refractivity contribution in [2.24, 2.45) is 5.73 Å². The molecule has 1 atom stereocenters. The van der Waals surface area contributed by atoms with E-state index >= 15 is 0 Å². The standard InChI is InChI=1S/C10H17NO3/c1-10(11,7-12)5-9-8(6-13-2)3-4-14-9/h3-4,12H,5-7,11H2,1-2H3. The first-order valence-electron chi connectivity index (χ1n) is 4.53. The highest BCUT2D eigenvalue weighted by Gasteiger charge is 2.21. The number of hydrogen-bond donors (Lipinski definition) is 2. The summed E-state index contributed by atoms with van der Waals surface area (Å²) in [6.45, 7) is 2.22. The van der Waals surface area contributed by atoms with Crippen molar-refractivity contribution in [3.8, 4) is 0 Å². The lowest BCUT2D eigenvalue weighted by Crippen LogP contribution is -2.42. The van der Waals surface area contributed by atoms with Crippen molar-refractivity contribution in [3.05, 3.63) is 23.7 Å². The first-order chi connectivity index (χ1) is 6.59. The van der Waals surface area contributed by atoms with Gasteiger partial charge in [0.05, 0.1) is 19.5 Å². The lowest BCUT2D eigenvalue weighted by molar-refractivity contribution is 0.178. The van der Waals surface area contributed by atoms with E-state index in [0.29, 0.717) is 13.0 Å². The number of methoxy groups -OCH3 is 1. The molecule has 4 nitrogen and oxygen atoms in total. The molecule has 1 aromatic rings. The molecule has 0 saturated heterocycles. The van der Waals surface area contributed by atoms with Gasteiger partial charge in [-0.3, -0.25) is 0 Å². The molecule has 14 heavy (non-hydrogen) atoms. The highest BCUT2D eigenvalue weighted by molar-refractivity contribution is 5.18. The second kappa shape index (κ2) is 4.59. The maximum absolute atomic E-state index is 9.02. The minimum atomic E-state index is -0.639. The molecular weight excluding hydrogens is 182 g/mol. The van der Waals surface area contributed by atoms with Gasteiger partial charge in [-0.2, -0.15) is 0 Å². The van der Waals surface area contributed by atoms with Gasteiger partial charge in [0, 0.05) is 24.6 Å². The molecule has 0 bridgehead atoms. The predicted octanol–water partition coefficient (Wildman–Crippen LogP) is 0.678. The minimum absolute atomic E-state index is 0.0693. The zero-order valence-corrected chi connectivity index (χ0v) is 8.62. The van der Waals surface area contributed by atoms with Gasteiger partial charge in [-0.05, 0) is 13.0 Å². The van der Waals surface area contributed by atoms with Crippen molar-refractivity contribution in [1.29, 1.82) is 0 Å². The van der Waals surface area contributed by atoms with E-state index < -0.39 is 5.54 Å². The van der Waals surface area contributed by atoms with Crippen molar-refractivity contribution >= 4 is 0 Å². The smallest absolute Gasteiger partial charge is 0.111 e. The number of hydrogen-bond acceptors (Lipinski definition) is 4. The number of aliphatic hydroxyl groups excluding tert-OH is 1. The third-order valence-corrected chi connectivity index (χ3v) is 2.06. The Labute approximate surface area is 83.7 Å². The van der Waals surface area contributed by atoms with Gasteiger partial charge in [0.1, 0.15) is 5.76 Å². The first kappa shape index (κ1) is 11.2. The van der Waals surface area contributed by atoms with E-state index in [9.17, 15) is 0 Å². The molecule has 1 heterocycles. The second-order valence-electron chi connectivity index (χ2n) is 3.79. The molecule has 1 unspecified atom stereocenters. The number of nitrogens with two attached hydrogens (primary N) is 1. The topological polar surface area (TPSA) is 68.6 Å². The molecule has 0 spiro atoms. The van der Waals surface area contributed by atoms with Crippen molar-refractivity contribution in [2.45, 2.75) is 25.5 Å². The molecule has 0 aliphatic carbocycles. The van der Waals surface area contributed by atoms with Crippen LogP contribution in [0.1, 0.15) is 18.2 Å². The Morgan fingerprint density at radius 1 is 1.64 bits per heavy atom. The molecule has 4 heteroatoms. The van der Waals surface area contributed by atoms with Crippen molar-refractivity contribution < 1.29 is 14.3 Å². The van der Waals surface area contributed by atoms with Gasteiger partial charge in [0.15, 0.2) is 0 Å². The highest BCUT2D eigenvalue weighted by Crippen LogP contribution is 2.17. The van der Waals surface area contributed by atoms with Gasteiger partial charge >= 0.3 is 0 Å². The molecule has 0 aromatic carbocycles. The third kappa shape index (κ3) is 2.83. The van der Waals surface area contributed by atoms with Crippen LogP contribution in [0.3, 0.4) is 0 Å². The largest absolute Gasteiger partial charge is 0.469 e. The predicted molar refractivity (Wildman–Crippen MR) is 52.8 cm³/mol. The number of rotatable bonds is 5. The summed E-state index contributed by atoms with van der Waals surface area (Å²) in [6, 6.07) is 1.85. The quantitative estimate of drug-likeness (QED) is 0.731. The van der Waals surface area contributed by atoms with Crippen LogP contribution in [-0.2, 0) is 17.8 Å². The van der Waals surface area contributed by atoms with Crippen molar-refractivity contribution in [2.75, 3.05) is 13.7 Å². The van der Waals surface area contributed by atoms with Crippen LogP contribution in [0.5, 0.6) is 0 Å². The van der Waals surface area contributed by atoms with Gasteiger partial charge in [0.2, 0.25) is 0 Å². The molecule has 0 amide bonds. The van der Waals surface area contributed by atoms with Crippen LogP contribution in [0.25, 0.3) is 0 Å². The zero-order valence-electron chi connectivity index (χ0n) is 8.62. The summed E-state index contributed by atoms with van der Waals surface area (Å²) >= 11 is 0. The summed E-state index contributed by atoms with van der Waals surface area (Å²) < 4.78 is 10.3. The molecule has 1 rings (SSSR count). The van der Waals surface area contributed by atoms with Crippen LogP contribution in [0.4, 0.5) is 0 Å². The maximum atomic E-state index is 9.02. The molecule has 0 aliphatic rings. The van der Waals surface area contributed by atoms with Crippen molar-refractivity contribution in [3.63, 3.8) is 0 Å². The molecule has 0 radical (unpaired) electrons. The Morgan fingerprint density at radius 3 is 2.93 bits per heavy atom. The summed E-state index contributed by atoms with van der Waals surface area (Å²) in [7, 11) is 1.63. The van der Waals surface area contributed by atoms with Crippen LogP contribution in [0.15, 0.2) is 16.7 Å². The Hall–Kier alpha value is -0.840. The van der Waals surface area contributed by atoms with Crippen LogP contribution in [0.2, 0.25) is 0 Å². The minimum Gasteiger partial charge on any atom is -0.469 e. The van der Waals surface area contributed by atoms with Crippen molar-refractivity contribution in [1.82, 2.24) is 0 Å². The van der Waals surface area contributed by atoms with Gasteiger partial charge in [-0.1, -0.05) is 0 Å². The molecule has 80 valence electrons. The van der Waals surface area contributed by atoms with Gasteiger partial charge in [-0.15, -0.1) is 0 Å². The Morgan fingerprint density at radius 2 is 2.36 bits per heavy atom. The summed E-state index contributed by atoms with van der Waals surface area (Å²) in [5, 5.41) is 9.02. The second-order valence-corrected chi connectivity index (χ2v) is 3.79. The van der Waals surface area contributed by atoms with E-state index in [0.717, 1.165) is 11.3 Å². The van der Waals surface area contributed by atoms with E-state index in [4.69, 9.17) is 20.0 Å². The van der Waals surface area contributed by atoms with Crippen LogP contribution in [0, 0.1) is 0 Å². The van der Waals surface area contributed by atoms with E-state index in [1.807, 2.05) is 6.07 Å². The molecule has 3 N–H and O–H groups in total. The number of furan rings is 1. The van der Waals surface area contributed by atoms with E-state index in [-0.39, 0.29) is 6.61 Å². The molecule has 0 saturated carbocycles. The zero-order chi connectivity index (χ0) is 10.6. The van der Waals surface area contributed by atoms with Crippen LogP contribution < -0.4 is 5.73 Å². The van der Waals surface area contributed by atoms with Crippen LogP contribution in [-0.4, -0.2) is 24.4 Å². The molecule has 0 fully saturated rings. The van der Waals surface area contributed by atoms with Gasteiger partial charge in [0.25, 0.3) is 0 Å². The summed E-state index contributed by atoms with van der Waals surface area (Å²) in [4.78, 5) is 0. The normalized spacial score (nSPS) is 15.4. The lowest BCUT2D eigenvalue weighted by Gasteiger charge is -2.20. The maximum Gasteiger partial charge on any atom is 0.111 e. The van der Waals surface area contributed by atoms with E-state index in [2.05, 4.69) is 0 Å². The fraction of sp³-hybridized carbons (Fsp3) is 0.600. The Bertz CT molecular complexity index is 281. The molecule has 1 aromatic heterocycles. The van der Waals surface area contributed by atoms with Crippen LogP contribution >= 0.6 is 0 Å². The number of aliphatic hydroxyl groups is 1. The fourth-order valence-corrected chi connectivity index (χ4v) is 1.23. The van der Waals surface area contributed by atoms with Gasteiger partial charge < -0.3 is 20.0 Å². The van der Waals surface area contributed by atoms with Gasteiger partial charge in [-0.25, -0.2) is 0 Å². The monoisotopic (exact) mass is 199 g/mol. The molecular formula is C10H17NO3.